The first kappa shape index (κ1) is 13.5. The van der Waals surface area contributed by atoms with Crippen LogP contribution < -0.4 is 5.32 Å². The van der Waals surface area contributed by atoms with Crippen molar-refractivity contribution in [2.75, 3.05) is 11.9 Å². The molecule has 0 bridgehead atoms. The maximum atomic E-state index is 11.8. The quantitative estimate of drug-likeness (QED) is 0.842. The van der Waals surface area contributed by atoms with Crippen LogP contribution in [0.5, 0.6) is 0 Å². The summed E-state index contributed by atoms with van der Waals surface area (Å²) in [7, 11) is 0. The van der Waals surface area contributed by atoms with Gasteiger partial charge >= 0.3 is 5.97 Å². The zero-order valence-electron chi connectivity index (χ0n) is 10.9. The Labute approximate surface area is 110 Å². The van der Waals surface area contributed by atoms with Crippen LogP contribution >= 0.6 is 0 Å². The predicted octanol–water partition coefficient (Wildman–Crippen LogP) is 0.820. The Balaban J connectivity index is 2.05. The first-order valence-corrected chi connectivity index (χ1v) is 6.12. The maximum Gasteiger partial charge on any atom is 0.331 e. The monoisotopic (exact) mass is 267 g/mol. The summed E-state index contributed by atoms with van der Waals surface area (Å²) in [6.45, 7) is 3.67. The maximum absolute atomic E-state index is 11.8. The topological polar surface area (TPSA) is 93.5 Å². The van der Waals surface area contributed by atoms with Crippen molar-refractivity contribution in [1.82, 2.24) is 9.78 Å². The zero-order valence-corrected chi connectivity index (χ0v) is 10.9. The molecule has 1 unspecified atom stereocenters. The molecule has 0 aromatic carbocycles. The lowest BCUT2D eigenvalue weighted by molar-refractivity contribution is -0.146. The highest BCUT2D eigenvalue weighted by Crippen LogP contribution is 2.19. The minimum absolute atomic E-state index is 0.217. The average Bonchev–Trinajstić information content (AvgIpc) is 2.99. The third-order valence-electron chi connectivity index (χ3n) is 3.17. The van der Waals surface area contributed by atoms with Crippen molar-refractivity contribution in [2.45, 2.75) is 38.3 Å². The second-order valence-electron chi connectivity index (χ2n) is 5.03. The van der Waals surface area contributed by atoms with Crippen LogP contribution in [0.3, 0.4) is 0 Å². The van der Waals surface area contributed by atoms with Crippen LogP contribution in [-0.4, -0.2) is 39.5 Å². The molecule has 2 heterocycles. The molecule has 7 nitrogen and oxygen atoms in total. The van der Waals surface area contributed by atoms with Crippen molar-refractivity contribution in [3.63, 3.8) is 0 Å². The predicted molar refractivity (Wildman–Crippen MR) is 66.8 cm³/mol. The number of nitrogens with zero attached hydrogens (tertiary/aromatic N) is 2. The Hall–Kier alpha value is -1.89. The van der Waals surface area contributed by atoms with Gasteiger partial charge in [0.15, 0.2) is 5.54 Å². The average molecular weight is 267 g/mol. The van der Waals surface area contributed by atoms with E-state index in [1.807, 2.05) is 0 Å². The van der Waals surface area contributed by atoms with Gasteiger partial charge in [-0.3, -0.25) is 9.48 Å². The Morgan fingerprint density at radius 3 is 2.89 bits per heavy atom. The van der Waals surface area contributed by atoms with Crippen molar-refractivity contribution in [1.29, 1.82) is 0 Å². The molecule has 2 N–H and O–H groups in total. The molecule has 1 fully saturated rings. The molecule has 0 aliphatic carbocycles. The summed E-state index contributed by atoms with van der Waals surface area (Å²) in [5.41, 5.74) is -0.692. The van der Waals surface area contributed by atoms with Gasteiger partial charge in [0.25, 0.3) is 5.91 Å². The Kier molecular flexibility index (Phi) is 3.57. The third kappa shape index (κ3) is 2.76. The number of hydrogen-bond donors (Lipinski definition) is 2. The molecule has 104 valence electrons. The number of aromatic nitrogens is 2. The molecule has 1 aliphatic rings. The number of carbonyl (C=O) groups is 2. The van der Waals surface area contributed by atoms with Crippen LogP contribution in [-0.2, 0) is 19.9 Å². The molecule has 0 saturated carbocycles. The number of aliphatic carboxylic acids is 1. The molecule has 1 aromatic heterocycles. The number of carbonyl (C=O) groups excluding carboxylic acids is 1. The first-order chi connectivity index (χ1) is 8.91. The number of carboxylic acid groups (broad SMARTS) is 1. The summed E-state index contributed by atoms with van der Waals surface area (Å²) in [6, 6.07) is 0. The lowest BCUT2D eigenvalue weighted by Crippen LogP contribution is -2.36. The van der Waals surface area contributed by atoms with Gasteiger partial charge < -0.3 is 15.2 Å². The number of carboxylic acids is 1. The van der Waals surface area contributed by atoms with E-state index in [1.165, 1.54) is 30.9 Å². The van der Waals surface area contributed by atoms with Crippen molar-refractivity contribution >= 4 is 17.6 Å². The van der Waals surface area contributed by atoms with E-state index in [9.17, 15) is 9.59 Å². The summed E-state index contributed by atoms with van der Waals surface area (Å²) in [5.74, 6) is -1.21. The second-order valence-corrected chi connectivity index (χ2v) is 5.03. The van der Waals surface area contributed by atoms with Crippen molar-refractivity contribution in [2.24, 2.45) is 0 Å². The molecule has 1 aromatic rings. The number of ether oxygens (including phenoxy) is 1. The molecule has 19 heavy (non-hydrogen) atoms. The van der Waals surface area contributed by atoms with Gasteiger partial charge in [0.2, 0.25) is 0 Å². The summed E-state index contributed by atoms with van der Waals surface area (Å²) >= 11 is 0. The largest absolute Gasteiger partial charge is 0.479 e. The standard InChI is InChI=1S/C12H17N3O4/c1-12(2,11(17)18)15-7-8(6-13-15)14-10(16)9-4-3-5-19-9/h6-7,9H,3-5H2,1-2H3,(H,14,16)(H,17,18). The van der Waals surface area contributed by atoms with Gasteiger partial charge in [-0.25, -0.2) is 4.79 Å². The normalized spacial score (nSPS) is 19.4. The summed E-state index contributed by atoms with van der Waals surface area (Å²) < 4.78 is 6.57. The van der Waals surface area contributed by atoms with Gasteiger partial charge in [0, 0.05) is 12.8 Å². The van der Waals surface area contributed by atoms with E-state index in [0.29, 0.717) is 18.7 Å². The summed E-state index contributed by atoms with van der Waals surface area (Å²) in [4.78, 5) is 22.9. The van der Waals surface area contributed by atoms with Crippen molar-refractivity contribution < 1.29 is 19.4 Å². The molecule has 0 spiro atoms. The Bertz CT molecular complexity index is 489. The molecule has 1 atom stereocenters. The van der Waals surface area contributed by atoms with Crippen LogP contribution in [0, 0.1) is 0 Å². The fraction of sp³-hybridized carbons (Fsp3) is 0.583. The van der Waals surface area contributed by atoms with E-state index < -0.39 is 17.6 Å². The van der Waals surface area contributed by atoms with E-state index in [4.69, 9.17) is 9.84 Å². The highest BCUT2D eigenvalue weighted by atomic mass is 16.5. The summed E-state index contributed by atoms with van der Waals surface area (Å²) in [6.07, 6.45) is 4.10. The third-order valence-corrected chi connectivity index (χ3v) is 3.17. The van der Waals surface area contributed by atoms with Crippen LogP contribution in [0.4, 0.5) is 5.69 Å². The highest BCUT2D eigenvalue weighted by molar-refractivity contribution is 5.94. The highest BCUT2D eigenvalue weighted by Gasteiger charge is 2.30. The van der Waals surface area contributed by atoms with E-state index in [-0.39, 0.29) is 5.91 Å². The number of rotatable bonds is 4. The van der Waals surface area contributed by atoms with Crippen LogP contribution in [0.15, 0.2) is 12.4 Å². The number of nitrogens with one attached hydrogen (secondary N) is 1. The van der Waals surface area contributed by atoms with Crippen LogP contribution in [0.2, 0.25) is 0 Å². The van der Waals surface area contributed by atoms with Gasteiger partial charge in [0.05, 0.1) is 11.9 Å². The second kappa shape index (κ2) is 5.00. The molecule has 7 heteroatoms. The smallest absolute Gasteiger partial charge is 0.331 e. The van der Waals surface area contributed by atoms with E-state index in [2.05, 4.69) is 10.4 Å². The molecule has 1 aliphatic heterocycles. The Morgan fingerprint density at radius 2 is 2.32 bits per heavy atom. The fourth-order valence-corrected chi connectivity index (χ4v) is 1.80. The molecular formula is C12H17N3O4. The number of hydrogen-bond acceptors (Lipinski definition) is 4. The number of amides is 1. The molecule has 2 rings (SSSR count). The van der Waals surface area contributed by atoms with E-state index in [1.54, 1.807) is 0 Å². The zero-order chi connectivity index (χ0) is 14.0. The lowest BCUT2D eigenvalue weighted by Gasteiger charge is -2.19. The molecular weight excluding hydrogens is 250 g/mol. The lowest BCUT2D eigenvalue weighted by atomic mass is 10.1. The Morgan fingerprint density at radius 1 is 1.58 bits per heavy atom. The van der Waals surface area contributed by atoms with Crippen LogP contribution in [0.1, 0.15) is 26.7 Å². The minimum Gasteiger partial charge on any atom is -0.479 e. The van der Waals surface area contributed by atoms with Gasteiger partial charge in [-0.05, 0) is 26.7 Å². The van der Waals surface area contributed by atoms with Crippen molar-refractivity contribution in [3.05, 3.63) is 12.4 Å². The van der Waals surface area contributed by atoms with Gasteiger partial charge in [-0.1, -0.05) is 0 Å². The minimum atomic E-state index is -1.16. The fourth-order valence-electron chi connectivity index (χ4n) is 1.80. The van der Waals surface area contributed by atoms with E-state index >= 15 is 0 Å². The van der Waals surface area contributed by atoms with E-state index in [0.717, 1.165) is 6.42 Å². The van der Waals surface area contributed by atoms with Gasteiger partial charge in [-0.15, -0.1) is 0 Å². The SMILES string of the molecule is CC(C)(C(=O)O)n1cc(NC(=O)C2CCCO2)cn1. The van der Waals surface area contributed by atoms with Gasteiger partial charge in [0.1, 0.15) is 6.10 Å². The number of anilines is 1. The van der Waals surface area contributed by atoms with Crippen molar-refractivity contribution in [3.8, 4) is 0 Å². The summed E-state index contributed by atoms with van der Waals surface area (Å²) in [5, 5.41) is 15.7. The molecule has 1 saturated heterocycles. The van der Waals surface area contributed by atoms with Gasteiger partial charge in [-0.2, -0.15) is 5.10 Å². The molecule has 0 radical (unpaired) electrons. The first-order valence-electron chi connectivity index (χ1n) is 6.12. The molecule has 1 amide bonds. The van der Waals surface area contributed by atoms with Crippen LogP contribution in [0.25, 0.3) is 0 Å².